The van der Waals surface area contributed by atoms with Crippen molar-refractivity contribution in [3.05, 3.63) is 51.7 Å². The minimum absolute atomic E-state index is 0.0640. The maximum atomic E-state index is 13.5. The topological polar surface area (TPSA) is 110 Å². The summed E-state index contributed by atoms with van der Waals surface area (Å²) >= 11 is 3.04. The van der Waals surface area contributed by atoms with Gasteiger partial charge >= 0.3 is 0 Å². The molecule has 4 aromatic rings. The van der Waals surface area contributed by atoms with Gasteiger partial charge in [0.25, 0.3) is 0 Å². The number of anilines is 2. The van der Waals surface area contributed by atoms with Gasteiger partial charge in [-0.05, 0) is 83.3 Å². The Balaban J connectivity index is 1.36. The lowest BCUT2D eigenvalue weighted by Crippen LogP contribution is -2.45. The zero-order chi connectivity index (χ0) is 30.0. The summed E-state index contributed by atoms with van der Waals surface area (Å²) in [6.45, 7) is 10.4. The zero-order valence-electron chi connectivity index (χ0n) is 24.4. The first-order valence-electron chi connectivity index (χ1n) is 14.3. The van der Waals surface area contributed by atoms with Crippen LogP contribution < -0.4 is 10.2 Å². The predicted octanol–water partition coefficient (Wildman–Crippen LogP) is 5.32. The fourth-order valence-corrected chi connectivity index (χ4v) is 7.35. The zero-order valence-corrected chi connectivity index (χ0v) is 26.0. The highest BCUT2D eigenvalue weighted by molar-refractivity contribution is 7.17. The van der Waals surface area contributed by atoms with Gasteiger partial charge in [-0.2, -0.15) is 5.26 Å². The smallest absolute Gasteiger partial charge is 0.234 e. The third-order valence-corrected chi connectivity index (χ3v) is 9.56. The van der Waals surface area contributed by atoms with Gasteiger partial charge in [0, 0.05) is 29.7 Å². The second-order valence-electron chi connectivity index (χ2n) is 11.2. The molecular weight excluding hydrogens is 574 g/mol. The van der Waals surface area contributed by atoms with E-state index >= 15 is 0 Å². The van der Waals surface area contributed by atoms with Crippen LogP contribution in [0.4, 0.5) is 15.3 Å². The summed E-state index contributed by atoms with van der Waals surface area (Å²) < 4.78 is 15.7. The van der Waals surface area contributed by atoms with Gasteiger partial charge in [-0.1, -0.05) is 18.3 Å². The highest BCUT2D eigenvalue weighted by Crippen LogP contribution is 2.40. The first kappa shape index (κ1) is 30.1. The van der Waals surface area contributed by atoms with Crippen LogP contribution in [0.15, 0.2) is 30.5 Å². The number of aromatic nitrogens is 3. The molecule has 0 bridgehead atoms. The van der Waals surface area contributed by atoms with Crippen molar-refractivity contribution >= 4 is 44.5 Å². The van der Waals surface area contributed by atoms with Crippen LogP contribution >= 0.6 is 22.7 Å². The van der Waals surface area contributed by atoms with E-state index < -0.39 is 5.60 Å². The standard InChI is InChI=1S/C30H36FN7O2S2/c1-5-22-27(37(6-2)29-35-26(23(15-32)41-29)20-7-9-21(31)10-8-20)38-16-24(42-28(38)34-22)19-11-13-36(14-12-19)17-25(39)33-18-30(3,4)40/h7-10,16,19,40H,5-6,11-14,17-18H2,1-4H3,(H,33,39). The largest absolute Gasteiger partial charge is 0.389 e. The number of nitrogens with zero attached hydrogens (tertiary/aromatic N) is 6. The minimum Gasteiger partial charge on any atom is -0.389 e. The molecule has 1 aromatic carbocycles. The van der Waals surface area contributed by atoms with Crippen LogP contribution in [0.3, 0.4) is 0 Å². The number of likely N-dealkylation sites (tertiary alicyclic amines) is 1. The summed E-state index contributed by atoms with van der Waals surface area (Å²) in [5.74, 6) is 0.951. The monoisotopic (exact) mass is 609 g/mol. The molecule has 0 atom stereocenters. The number of nitriles is 1. The number of carbonyl (C=O) groups is 1. The van der Waals surface area contributed by atoms with Gasteiger partial charge in [0.15, 0.2) is 10.1 Å². The number of thiazole rings is 2. The lowest BCUT2D eigenvalue weighted by atomic mass is 9.96. The fraction of sp³-hybridized carbons (Fsp3) is 0.467. The molecule has 3 aromatic heterocycles. The number of imidazole rings is 1. The van der Waals surface area contributed by atoms with E-state index in [-0.39, 0.29) is 18.3 Å². The number of hydrogen-bond acceptors (Lipinski definition) is 9. The number of rotatable bonds is 10. The summed E-state index contributed by atoms with van der Waals surface area (Å²) in [6.07, 6.45) is 4.86. The molecule has 1 aliphatic heterocycles. The van der Waals surface area contributed by atoms with Crippen molar-refractivity contribution in [2.75, 3.05) is 37.6 Å². The maximum absolute atomic E-state index is 13.5. The number of piperidine rings is 1. The molecule has 0 radical (unpaired) electrons. The predicted molar refractivity (Wildman–Crippen MR) is 165 cm³/mol. The van der Waals surface area contributed by atoms with Crippen LogP contribution in [0.5, 0.6) is 0 Å². The molecule has 4 heterocycles. The first-order valence-corrected chi connectivity index (χ1v) is 15.9. The Hall–Kier alpha value is -3.37. The molecule has 1 saturated heterocycles. The third kappa shape index (κ3) is 6.49. The highest BCUT2D eigenvalue weighted by atomic mass is 32.1. The number of benzene rings is 1. The molecule has 42 heavy (non-hydrogen) atoms. The van der Waals surface area contributed by atoms with Gasteiger partial charge in [-0.3, -0.25) is 14.1 Å². The number of nitrogens with one attached hydrogen (secondary N) is 1. The molecular formula is C30H36FN7O2S2. The van der Waals surface area contributed by atoms with E-state index in [0.29, 0.717) is 40.3 Å². The van der Waals surface area contributed by atoms with E-state index in [2.05, 4.69) is 45.6 Å². The van der Waals surface area contributed by atoms with E-state index in [4.69, 9.17) is 9.97 Å². The number of hydrogen-bond donors (Lipinski definition) is 2. The third-order valence-electron chi connectivity index (χ3n) is 7.44. The normalized spacial score (nSPS) is 14.8. The Labute approximate surface area is 253 Å². The average molecular weight is 610 g/mol. The lowest BCUT2D eigenvalue weighted by molar-refractivity contribution is -0.123. The van der Waals surface area contributed by atoms with E-state index in [1.807, 2.05) is 0 Å². The summed E-state index contributed by atoms with van der Waals surface area (Å²) in [6, 6.07) is 8.34. The summed E-state index contributed by atoms with van der Waals surface area (Å²) in [4.78, 5) is 29.1. The summed E-state index contributed by atoms with van der Waals surface area (Å²) in [5.41, 5.74) is 1.31. The van der Waals surface area contributed by atoms with Gasteiger partial charge in [0.1, 0.15) is 28.3 Å². The molecule has 1 fully saturated rings. The number of aryl methyl sites for hydroxylation is 1. The molecule has 5 rings (SSSR count). The molecule has 0 spiro atoms. The Morgan fingerprint density at radius 2 is 1.93 bits per heavy atom. The highest BCUT2D eigenvalue weighted by Gasteiger charge is 2.28. The number of carbonyl (C=O) groups excluding carboxylic acids is 1. The lowest BCUT2D eigenvalue weighted by Gasteiger charge is -2.31. The number of halogens is 1. The van der Waals surface area contributed by atoms with Crippen molar-refractivity contribution in [1.82, 2.24) is 24.6 Å². The molecule has 0 aliphatic carbocycles. The van der Waals surface area contributed by atoms with Gasteiger partial charge in [-0.15, -0.1) is 11.3 Å². The fourth-order valence-electron chi connectivity index (χ4n) is 5.24. The van der Waals surface area contributed by atoms with Crippen LogP contribution in [-0.4, -0.2) is 68.6 Å². The van der Waals surface area contributed by atoms with Crippen LogP contribution in [-0.2, 0) is 11.2 Å². The van der Waals surface area contributed by atoms with Crippen molar-refractivity contribution in [3.8, 4) is 17.3 Å². The van der Waals surface area contributed by atoms with Gasteiger partial charge in [0.2, 0.25) is 5.91 Å². The SMILES string of the molecule is CCc1nc2sc(C3CCN(CC(=O)NCC(C)(C)O)CC3)cn2c1N(CC)c1nc(-c2ccc(F)cc2)c(C#N)s1. The first-order chi connectivity index (χ1) is 20.1. The summed E-state index contributed by atoms with van der Waals surface area (Å²) in [5, 5.41) is 23.2. The molecule has 9 nitrogen and oxygen atoms in total. The second-order valence-corrected chi connectivity index (χ2v) is 13.2. The van der Waals surface area contributed by atoms with Crippen molar-refractivity contribution < 1.29 is 14.3 Å². The molecule has 1 aliphatic rings. The Morgan fingerprint density at radius 3 is 2.55 bits per heavy atom. The summed E-state index contributed by atoms with van der Waals surface area (Å²) in [7, 11) is 0. The number of fused-ring (bicyclic) bond motifs is 1. The van der Waals surface area contributed by atoms with Gasteiger partial charge in [0.05, 0.1) is 17.8 Å². The molecule has 0 saturated carbocycles. The average Bonchev–Trinajstić information content (AvgIpc) is 3.67. The second kappa shape index (κ2) is 12.5. The molecule has 1 amide bonds. The Bertz CT molecular complexity index is 1590. The quantitative estimate of drug-likeness (QED) is 0.251. The van der Waals surface area contributed by atoms with E-state index in [1.165, 1.54) is 28.3 Å². The molecule has 0 unspecified atom stereocenters. The van der Waals surface area contributed by atoms with Crippen LogP contribution in [0, 0.1) is 17.1 Å². The van der Waals surface area contributed by atoms with Crippen LogP contribution in [0.25, 0.3) is 16.2 Å². The molecule has 222 valence electrons. The molecule has 12 heteroatoms. The van der Waals surface area contributed by atoms with Crippen molar-refractivity contribution in [3.63, 3.8) is 0 Å². The van der Waals surface area contributed by atoms with E-state index in [0.717, 1.165) is 48.8 Å². The Kier molecular flexibility index (Phi) is 8.94. The number of amides is 1. The van der Waals surface area contributed by atoms with Crippen LogP contribution in [0.2, 0.25) is 0 Å². The maximum Gasteiger partial charge on any atom is 0.234 e. The van der Waals surface area contributed by atoms with E-state index in [1.54, 1.807) is 37.3 Å². The number of aliphatic hydroxyl groups is 1. The van der Waals surface area contributed by atoms with E-state index in [9.17, 15) is 19.6 Å². The van der Waals surface area contributed by atoms with Crippen LogP contribution in [0.1, 0.15) is 61.9 Å². The van der Waals surface area contributed by atoms with Crippen molar-refractivity contribution in [2.24, 2.45) is 0 Å². The molecule has 2 N–H and O–H groups in total. The Morgan fingerprint density at radius 1 is 1.21 bits per heavy atom. The van der Waals surface area contributed by atoms with Crippen molar-refractivity contribution in [1.29, 1.82) is 5.26 Å². The van der Waals surface area contributed by atoms with Gasteiger partial charge < -0.3 is 15.3 Å². The minimum atomic E-state index is -0.925. The van der Waals surface area contributed by atoms with Gasteiger partial charge in [-0.25, -0.2) is 14.4 Å². The van der Waals surface area contributed by atoms with Crippen molar-refractivity contribution in [2.45, 2.75) is 58.5 Å².